The summed E-state index contributed by atoms with van der Waals surface area (Å²) in [6, 6.07) is 17.4. The minimum Gasteiger partial charge on any atom is -0.459 e. The van der Waals surface area contributed by atoms with E-state index < -0.39 is 0 Å². The fourth-order valence-electron chi connectivity index (χ4n) is 3.00. The molecule has 0 saturated carbocycles. The van der Waals surface area contributed by atoms with Crippen molar-refractivity contribution in [3.8, 4) is 11.4 Å². The number of fused-ring (bicyclic) bond motifs is 1. The molecule has 0 bridgehead atoms. The number of benzene rings is 2. The number of hydrogen-bond donors (Lipinski definition) is 1. The van der Waals surface area contributed by atoms with Gasteiger partial charge in [-0.2, -0.15) is 4.98 Å². The number of amides is 1. The molecule has 0 aliphatic rings. The van der Waals surface area contributed by atoms with Crippen LogP contribution < -0.4 is 5.32 Å². The molecule has 0 aliphatic heterocycles. The van der Waals surface area contributed by atoms with E-state index >= 15 is 0 Å². The van der Waals surface area contributed by atoms with Crippen LogP contribution in [0.3, 0.4) is 0 Å². The van der Waals surface area contributed by atoms with Gasteiger partial charge in [0, 0.05) is 23.8 Å². The van der Waals surface area contributed by atoms with Crippen molar-refractivity contribution in [2.75, 3.05) is 0 Å². The lowest BCUT2D eigenvalue weighted by molar-refractivity contribution is -0.121. The molecule has 6 nitrogen and oxygen atoms in total. The highest BCUT2D eigenvalue weighted by Crippen LogP contribution is 2.23. The Morgan fingerprint density at radius 2 is 1.93 bits per heavy atom. The summed E-state index contributed by atoms with van der Waals surface area (Å²) in [6.07, 6.45) is 0.650. The third kappa shape index (κ3) is 3.96. The molecular weight excluding hydrogens is 354 g/mol. The molecule has 142 valence electrons. The normalized spacial score (nSPS) is 12.2. The average Bonchev–Trinajstić information content (AvgIpc) is 3.34. The fourth-order valence-corrected chi connectivity index (χ4v) is 3.00. The largest absolute Gasteiger partial charge is 0.459 e. The van der Waals surface area contributed by atoms with Crippen molar-refractivity contribution in [3.05, 3.63) is 71.8 Å². The Morgan fingerprint density at radius 1 is 1.14 bits per heavy atom. The molecular formula is C22H21N3O3. The van der Waals surface area contributed by atoms with Crippen molar-refractivity contribution in [2.24, 2.45) is 0 Å². The van der Waals surface area contributed by atoms with Gasteiger partial charge in [0.15, 0.2) is 0 Å². The van der Waals surface area contributed by atoms with Gasteiger partial charge in [-0.05, 0) is 26.0 Å². The van der Waals surface area contributed by atoms with E-state index in [4.69, 9.17) is 8.94 Å². The zero-order valence-electron chi connectivity index (χ0n) is 15.8. The summed E-state index contributed by atoms with van der Waals surface area (Å²) >= 11 is 0. The van der Waals surface area contributed by atoms with Crippen LogP contribution in [0, 0.1) is 6.92 Å². The number of nitrogens with zero attached hydrogens (tertiary/aromatic N) is 2. The molecule has 2 aromatic carbocycles. The van der Waals surface area contributed by atoms with Gasteiger partial charge in [0.2, 0.25) is 17.6 Å². The Labute approximate surface area is 162 Å². The van der Waals surface area contributed by atoms with Crippen molar-refractivity contribution in [1.82, 2.24) is 15.5 Å². The molecule has 1 N–H and O–H groups in total. The second-order valence-corrected chi connectivity index (χ2v) is 6.85. The molecule has 1 amide bonds. The smallest absolute Gasteiger partial charge is 0.227 e. The number of hydrogen-bond acceptors (Lipinski definition) is 5. The van der Waals surface area contributed by atoms with Gasteiger partial charge >= 0.3 is 0 Å². The lowest BCUT2D eigenvalue weighted by Gasteiger charge is -2.10. The van der Waals surface area contributed by atoms with Crippen LogP contribution in [0.15, 0.2) is 63.5 Å². The van der Waals surface area contributed by atoms with Crippen LogP contribution in [0.1, 0.15) is 36.6 Å². The number of carbonyl (C=O) groups excluding carboxylic acids is 1. The summed E-state index contributed by atoms with van der Waals surface area (Å²) < 4.78 is 11.1. The first-order valence-corrected chi connectivity index (χ1v) is 9.26. The highest BCUT2D eigenvalue weighted by atomic mass is 16.5. The Morgan fingerprint density at radius 3 is 2.71 bits per heavy atom. The zero-order valence-corrected chi connectivity index (χ0v) is 15.8. The minimum atomic E-state index is -0.217. The molecule has 1 atom stereocenters. The number of aryl methyl sites for hydroxylation is 2. The van der Waals surface area contributed by atoms with Gasteiger partial charge in [0.1, 0.15) is 11.3 Å². The Kier molecular flexibility index (Phi) is 4.93. The number of carbonyl (C=O) groups is 1. The van der Waals surface area contributed by atoms with Gasteiger partial charge in [-0.15, -0.1) is 0 Å². The second kappa shape index (κ2) is 7.68. The highest BCUT2D eigenvalue weighted by molar-refractivity contribution is 5.79. The Bertz CT molecular complexity index is 1060. The van der Waals surface area contributed by atoms with E-state index in [1.807, 2.05) is 68.4 Å². The molecule has 0 aliphatic carbocycles. The first kappa shape index (κ1) is 18.0. The third-order valence-electron chi connectivity index (χ3n) is 4.59. The molecule has 0 fully saturated rings. The quantitative estimate of drug-likeness (QED) is 0.533. The van der Waals surface area contributed by atoms with Crippen LogP contribution in [0.2, 0.25) is 0 Å². The Hall–Kier alpha value is -3.41. The maximum absolute atomic E-state index is 12.3. The fraction of sp³-hybridized carbons (Fsp3) is 0.227. The standard InChI is InChI=1S/C22H21N3O3/c1-14-7-9-16(10-8-14)22-24-21(28-25-22)12-11-20(26)23-15(2)19-13-17-5-3-4-6-18(17)27-19/h3-10,13,15H,11-12H2,1-2H3,(H,23,26)/t15-/m0/s1. The number of aromatic nitrogens is 2. The van der Waals surface area contributed by atoms with E-state index in [-0.39, 0.29) is 18.4 Å². The van der Waals surface area contributed by atoms with Crippen molar-refractivity contribution in [2.45, 2.75) is 32.7 Å². The molecule has 0 unspecified atom stereocenters. The second-order valence-electron chi connectivity index (χ2n) is 6.85. The first-order valence-electron chi connectivity index (χ1n) is 9.26. The number of para-hydroxylation sites is 1. The summed E-state index contributed by atoms with van der Waals surface area (Å²) in [4.78, 5) is 16.7. The van der Waals surface area contributed by atoms with Crippen LogP contribution in [0.4, 0.5) is 0 Å². The number of furan rings is 1. The first-order chi connectivity index (χ1) is 13.6. The van der Waals surface area contributed by atoms with Crippen LogP contribution in [0.5, 0.6) is 0 Å². The lowest BCUT2D eigenvalue weighted by Crippen LogP contribution is -2.26. The maximum Gasteiger partial charge on any atom is 0.227 e. The van der Waals surface area contributed by atoms with Gasteiger partial charge < -0.3 is 14.3 Å². The van der Waals surface area contributed by atoms with E-state index in [9.17, 15) is 4.79 Å². The molecule has 6 heteroatoms. The van der Waals surface area contributed by atoms with Crippen LogP contribution >= 0.6 is 0 Å². The number of nitrogens with one attached hydrogen (secondary N) is 1. The zero-order chi connectivity index (χ0) is 19.5. The molecule has 4 rings (SSSR count). The number of rotatable bonds is 6. The summed E-state index contributed by atoms with van der Waals surface area (Å²) in [5.41, 5.74) is 2.87. The Balaban J connectivity index is 1.33. The van der Waals surface area contributed by atoms with Gasteiger partial charge in [-0.1, -0.05) is 53.2 Å². The predicted octanol–water partition coefficient (Wildman–Crippen LogP) is 4.60. The van der Waals surface area contributed by atoms with E-state index in [1.165, 1.54) is 5.56 Å². The van der Waals surface area contributed by atoms with E-state index in [1.54, 1.807) is 0 Å². The lowest BCUT2D eigenvalue weighted by atomic mass is 10.1. The van der Waals surface area contributed by atoms with E-state index in [2.05, 4.69) is 15.5 Å². The summed E-state index contributed by atoms with van der Waals surface area (Å²) in [7, 11) is 0. The van der Waals surface area contributed by atoms with Crippen LogP contribution in [0.25, 0.3) is 22.4 Å². The van der Waals surface area contributed by atoms with Crippen LogP contribution in [-0.4, -0.2) is 16.0 Å². The molecule has 2 heterocycles. The average molecular weight is 375 g/mol. The van der Waals surface area contributed by atoms with Crippen molar-refractivity contribution in [1.29, 1.82) is 0 Å². The SMILES string of the molecule is Cc1ccc(-c2noc(CCC(=O)N[C@@H](C)c3cc4ccccc4o3)n2)cc1. The maximum atomic E-state index is 12.3. The molecule has 4 aromatic rings. The molecule has 0 spiro atoms. The van der Waals surface area contributed by atoms with Crippen LogP contribution in [-0.2, 0) is 11.2 Å². The summed E-state index contributed by atoms with van der Waals surface area (Å²) in [5.74, 6) is 1.62. The highest BCUT2D eigenvalue weighted by Gasteiger charge is 2.15. The third-order valence-corrected chi connectivity index (χ3v) is 4.59. The van der Waals surface area contributed by atoms with Gasteiger partial charge in [0.25, 0.3) is 0 Å². The topological polar surface area (TPSA) is 81.2 Å². The summed E-state index contributed by atoms with van der Waals surface area (Å²) in [5, 5.41) is 7.96. The van der Waals surface area contributed by atoms with E-state index in [0.717, 1.165) is 22.3 Å². The van der Waals surface area contributed by atoms with Gasteiger partial charge in [0.05, 0.1) is 6.04 Å². The predicted molar refractivity (Wildman–Crippen MR) is 106 cm³/mol. The minimum absolute atomic E-state index is 0.0944. The molecule has 28 heavy (non-hydrogen) atoms. The van der Waals surface area contributed by atoms with Crippen molar-refractivity contribution < 1.29 is 13.7 Å². The van der Waals surface area contributed by atoms with E-state index in [0.29, 0.717) is 18.1 Å². The summed E-state index contributed by atoms with van der Waals surface area (Å²) in [6.45, 7) is 3.92. The molecule has 2 aromatic heterocycles. The van der Waals surface area contributed by atoms with Gasteiger partial charge in [-0.3, -0.25) is 4.79 Å². The molecule has 0 saturated heterocycles. The molecule has 0 radical (unpaired) electrons. The monoisotopic (exact) mass is 375 g/mol. The van der Waals surface area contributed by atoms with Crippen molar-refractivity contribution in [3.63, 3.8) is 0 Å². The van der Waals surface area contributed by atoms with Gasteiger partial charge in [-0.25, -0.2) is 0 Å². The van der Waals surface area contributed by atoms with Crippen molar-refractivity contribution >= 4 is 16.9 Å².